The summed E-state index contributed by atoms with van der Waals surface area (Å²) in [6, 6.07) is 13.1. The number of para-hydroxylation sites is 2. The van der Waals surface area contributed by atoms with Gasteiger partial charge >= 0.3 is 75.5 Å². The van der Waals surface area contributed by atoms with Crippen LogP contribution in [0.3, 0.4) is 0 Å². The minimum atomic E-state index is 0. The largest absolute Gasteiger partial charge is 2.00 e. The molecule has 0 amide bonds. The van der Waals surface area contributed by atoms with Gasteiger partial charge in [0.15, 0.2) is 0 Å². The maximum Gasteiger partial charge on any atom is 2.00 e. The molecule has 0 N–H and O–H groups in total. The van der Waals surface area contributed by atoms with Crippen LogP contribution in [-0.4, -0.2) is 69.3 Å². The maximum absolute atomic E-state index is 5.08. The van der Waals surface area contributed by atoms with Gasteiger partial charge in [0.2, 0.25) is 0 Å². The van der Waals surface area contributed by atoms with Crippen molar-refractivity contribution in [3.05, 3.63) is 75.7 Å². The van der Waals surface area contributed by atoms with Gasteiger partial charge in [0.05, 0.1) is 5.69 Å². The van der Waals surface area contributed by atoms with Crippen molar-refractivity contribution in [1.29, 1.82) is 0 Å². The van der Waals surface area contributed by atoms with E-state index in [1.807, 2.05) is 0 Å². The Bertz CT molecular complexity index is 1040. The normalized spacial score (nSPS) is 13.5. The van der Waals surface area contributed by atoms with Crippen LogP contribution in [0.1, 0.15) is 148 Å². The van der Waals surface area contributed by atoms with E-state index in [1.54, 1.807) is 0 Å². The van der Waals surface area contributed by atoms with E-state index in [4.69, 9.17) is 15.0 Å². The second-order valence-corrected chi connectivity index (χ2v) is 16.3. The third kappa shape index (κ3) is 16.0. The quantitative estimate of drug-likeness (QED) is 0.129. The summed E-state index contributed by atoms with van der Waals surface area (Å²) < 4.78 is 4.94. The van der Waals surface area contributed by atoms with Crippen LogP contribution in [0.4, 0.5) is 11.4 Å². The van der Waals surface area contributed by atoms with Crippen molar-refractivity contribution in [3.63, 3.8) is 0 Å². The zero-order chi connectivity index (χ0) is 31.7. The number of rotatable bonds is 11. The van der Waals surface area contributed by atoms with E-state index in [0.29, 0.717) is 23.7 Å². The summed E-state index contributed by atoms with van der Waals surface area (Å²) in [5.74, 6) is 1.75. The molecule has 1 aliphatic rings. The molecule has 0 unspecified atom stereocenters. The molecule has 0 saturated carbocycles. The molecule has 3 rings (SSSR count). The Labute approximate surface area is 295 Å². The molecular weight excluding hydrogens is 671 g/mol. The van der Waals surface area contributed by atoms with Crippen LogP contribution in [0.25, 0.3) is 5.32 Å². The van der Waals surface area contributed by atoms with Gasteiger partial charge in [-0.05, 0) is 54.6 Å². The van der Waals surface area contributed by atoms with Gasteiger partial charge in [-0.2, -0.15) is 5.70 Å². The fourth-order valence-corrected chi connectivity index (χ4v) is 6.85. The molecule has 0 radical (unpaired) electrons. The van der Waals surface area contributed by atoms with Crippen molar-refractivity contribution in [2.45, 2.75) is 131 Å². The molecule has 0 aliphatic carbocycles. The van der Waals surface area contributed by atoms with Crippen molar-refractivity contribution in [2.24, 2.45) is 4.99 Å². The molecule has 1 saturated heterocycles. The van der Waals surface area contributed by atoms with Gasteiger partial charge in [0.25, 0.3) is 0 Å². The monoisotopic (exact) mass is 730 g/mol. The first kappa shape index (κ1) is 42.4. The number of hydrogen-bond donors (Lipinski definition) is 0. The van der Waals surface area contributed by atoms with Crippen molar-refractivity contribution in [3.8, 4) is 0 Å². The van der Waals surface area contributed by atoms with Crippen LogP contribution in [0.5, 0.6) is 0 Å². The fraction of sp³-hybridized carbons (Fsp3) is 0.595. The number of allylic oxidation sites excluding steroid dienone is 2. The maximum atomic E-state index is 5.08. The zero-order valence-electron chi connectivity index (χ0n) is 29.1. The van der Waals surface area contributed by atoms with Gasteiger partial charge in [-0.25, -0.2) is 0 Å². The molecule has 0 spiro atoms. The van der Waals surface area contributed by atoms with Gasteiger partial charge in [-0.3, -0.25) is 4.99 Å². The van der Waals surface area contributed by atoms with E-state index < -0.39 is 0 Å². The Kier molecular flexibility index (Phi) is 23.4. The first-order chi connectivity index (χ1) is 19.9. The Balaban J connectivity index is 0.00000123. The summed E-state index contributed by atoms with van der Waals surface area (Å²) >= 11 is 3.84. The number of ether oxygens (including phenoxy) is 1. The molecule has 2 aromatic carbocycles. The Morgan fingerprint density at radius 3 is 1.60 bits per heavy atom. The number of nitrogens with zero attached hydrogens (tertiary/aromatic N) is 2. The Morgan fingerprint density at radius 1 is 0.837 bits per heavy atom. The molecule has 43 heavy (non-hydrogen) atoms. The van der Waals surface area contributed by atoms with E-state index in [1.165, 1.54) is 53.3 Å². The molecule has 0 bridgehead atoms. The fourth-order valence-electron chi connectivity index (χ4n) is 4.71. The Morgan fingerprint density at radius 2 is 1.28 bits per heavy atom. The van der Waals surface area contributed by atoms with Gasteiger partial charge in [-0.15, -0.1) is 5.69 Å². The minimum Gasteiger partial charge on any atom is 2.00 e. The van der Waals surface area contributed by atoms with Crippen LogP contribution in [0.2, 0.25) is 5.32 Å². The minimum absolute atomic E-state index is 0. The standard InChI is InChI=1S/C29H41N2.C4H8O.C4H10Se2.Mg/c1-18(2)24-13-11-14-25(19(3)4)28(24)30-22(9)17-23(10)31-29-26(20(5)6)15-12-16-27(29)21(7)8;1-2-4-5-3-1;1-2-3-4-6-5;/h11-21H,1-10H3;1-4H2;5H,2-4H2,1H3;/q-1;;;+2/p-1/b22-17-,31-23?;;;. The second-order valence-electron chi connectivity index (χ2n) is 12.3. The van der Waals surface area contributed by atoms with Gasteiger partial charge in [0, 0.05) is 18.9 Å². The zero-order valence-corrected chi connectivity index (χ0v) is 34.0. The van der Waals surface area contributed by atoms with Crippen LogP contribution < -0.4 is 0 Å². The van der Waals surface area contributed by atoms with Crippen molar-refractivity contribution >= 4 is 67.5 Å². The average molecular weight is 729 g/mol. The van der Waals surface area contributed by atoms with Gasteiger partial charge < -0.3 is 10.1 Å². The van der Waals surface area contributed by atoms with Crippen LogP contribution >= 0.6 is 0 Å². The van der Waals surface area contributed by atoms with E-state index >= 15 is 0 Å². The first-order valence-electron chi connectivity index (χ1n) is 16.0. The summed E-state index contributed by atoms with van der Waals surface area (Å²) in [7, 11) is 0. The van der Waals surface area contributed by atoms with Crippen LogP contribution in [-0.2, 0) is 4.74 Å². The molecule has 2 aromatic rings. The third-order valence-electron chi connectivity index (χ3n) is 7.09. The van der Waals surface area contributed by atoms with Crippen molar-refractivity contribution < 1.29 is 4.74 Å². The Hall–Kier alpha value is -0.585. The number of aliphatic imine (C=N–C) groups is 1. The topological polar surface area (TPSA) is 35.7 Å². The predicted molar refractivity (Wildman–Crippen MR) is 196 cm³/mol. The molecule has 0 aromatic heterocycles. The van der Waals surface area contributed by atoms with E-state index in [-0.39, 0.29) is 23.1 Å². The predicted octanol–water partition coefficient (Wildman–Crippen LogP) is 11.3. The molecule has 1 aliphatic heterocycles. The molecule has 6 heteroatoms. The van der Waals surface area contributed by atoms with E-state index in [9.17, 15) is 0 Å². The summed E-state index contributed by atoms with van der Waals surface area (Å²) in [4.78, 5) is 5.08. The smallest absolute Gasteiger partial charge is 2.00 e. The van der Waals surface area contributed by atoms with Gasteiger partial charge in [0.1, 0.15) is 0 Å². The molecule has 3 nitrogen and oxygen atoms in total. The summed E-state index contributed by atoms with van der Waals surface area (Å²) in [5, 5.41) is 6.50. The second kappa shape index (κ2) is 23.7. The SMILES string of the molecule is C1CCOC1.CC(/C=C(/C)[N-]c1c(C(C)C)cccc1C(C)C)=Nc1c(C(C)C)cccc1C(C)C.CCCC[Se][Se-].[Mg+2]. The van der Waals surface area contributed by atoms with E-state index in [2.05, 4.69) is 133 Å². The molecule has 1 fully saturated rings. The summed E-state index contributed by atoms with van der Waals surface area (Å²) in [5.41, 5.74) is 9.45. The van der Waals surface area contributed by atoms with Gasteiger partial charge in [-0.1, -0.05) is 116 Å². The van der Waals surface area contributed by atoms with Crippen molar-refractivity contribution in [2.75, 3.05) is 13.2 Å². The molecule has 1 heterocycles. The number of hydrogen-bond acceptors (Lipinski definition) is 2. The summed E-state index contributed by atoms with van der Waals surface area (Å²) in [6.45, 7) is 26.3. The third-order valence-corrected chi connectivity index (χ3v) is 9.86. The van der Waals surface area contributed by atoms with E-state index in [0.717, 1.165) is 49.1 Å². The van der Waals surface area contributed by atoms with Crippen LogP contribution in [0.15, 0.2) is 53.2 Å². The summed E-state index contributed by atoms with van der Waals surface area (Å²) in [6.07, 6.45) is 7.43. The number of benzene rings is 2. The molecular formula is C37H58MgN2OSe2. The van der Waals surface area contributed by atoms with Crippen LogP contribution in [0, 0.1) is 0 Å². The molecule has 236 valence electrons. The average Bonchev–Trinajstić information content (AvgIpc) is 3.52. The molecule has 0 atom stereocenters. The van der Waals surface area contributed by atoms with Crippen molar-refractivity contribution in [1.82, 2.24) is 0 Å². The first-order valence-corrected chi connectivity index (χ1v) is 21.5. The number of unbranched alkanes of at least 4 members (excludes halogenated alkanes) is 1.